The van der Waals surface area contributed by atoms with Crippen LogP contribution in [0.2, 0.25) is 0 Å². The highest BCUT2D eigenvalue weighted by atomic mass is 19.1. The molecule has 2 heterocycles. The Labute approximate surface area is 193 Å². The molecule has 0 spiro atoms. The number of urea groups is 1. The van der Waals surface area contributed by atoms with Crippen LogP contribution < -0.4 is 15.5 Å². The number of anilines is 2. The molecule has 33 heavy (non-hydrogen) atoms. The number of hydrogen-bond donors (Lipinski definition) is 2. The minimum Gasteiger partial charge on any atom is -0.444 e. The third kappa shape index (κ3) is 5.90. The van der Waals surface area contributed by atoms with Crippen molar-refractivity contribution in [2.75, 3.05) is 29.9 Å². The Kier molecular flexibility index (Phi) is 6.93. The van der Waals surface area contributed by atoms with Crippen molar-refractivity contribution in [2.24, 2.45) is 0 Å². The summed E-state index contributed by atoms with van der Waals surface area (Å²) in [5.41, 5.74) is 3.73. The summed E-state index contributed by atoms with van der Waals surface area (Å²) in [6.07, 6.45) is 2.18. The van der Waals surface area contributed by atoms with Crippen molar-refractivity contribution in [3.63, 3.8) is 0 Å². The molecular formula is C25H29FN4O3. The van der Waals surface area contributed by atoms with Crippen LogP contribution in [0, 0.1) is 12.7 Å². The van der Waals surface area contributed by atoms with Crippen molar-refractivity contribution in [3.05, 3.63) is 65.8 Å². The number of benzene rings is 2. The van der Waals surface area contributed by atoms with E-state index in [0.717, 1.165) is 11.3 Å². The van der Waals surface area contributed by atoms with Crippen molar-refractivity contribution in [2.45, 2.75) is 39.4 Å². The molecule has 1 fully saturated rings. The number of ether oxygens (including phenoxy) is 1. The summed E-state index contributed by atoms with van der Waals surface area (Å²) in [6, 6.07) is 12.3. The maximum Gasteiger partial charge on any atom is 0.319 e. The highest BCUT2D eigenvalue weighted by molar-refractivity contribution is 5.89. The van der Waals surface area contributed by atoms with E-state index in [1.54, 1.807) is 18.4 Å². The normalized spacial score (nSPS) is 18.2. The van der Waals surface area contributed by atoms with E-state index >= 15 is 0 Å². The Morgan fingerprint density at radius 1 is 1.15 bits per heavy atom. The van der Waals surface area contributed by atoms with Crippen LogP contribution in [0.25, 0.3) is 11.5 Å². The van der Waals surface area contributed by atoms with E-state index in [-0.39, 0.29) is 18.0 Å². The van der Waals surface area contributed by atoms with Gasteiger partial charge in [-0.25, -0.2) is 14.2 Å². The van der Waals surface area contributed by atoms with Crippen LogP contribution in [0.5, 0.6) is 0 Å². The van der Waals surface area contributed by atoms with Gasteiger partial charge in [0.2, 0.25) is 5.89 Å². The van der Waals surface area contributed by atoms with Gasteiger partial charge in [0.25, 0.3) is 0 Å². The fourth-order valence-electron chi connectivity index (χ4n) is 3.95. The van der Waals surface area contributed by atoms with Gasteiger partial charge in [0, 0.05) is 37.3 Å². The number of aromatic nitrogens is 1. The number of nitrogens with one attached hydrogen (secondary N) is 2. The first-order valence-electron chi connectivity index (χ1n) is 11.1. The van der Waals surface area contributed by atoms with Gasteiger partial charge >= 0.3 is 6.03 Å². The molecule has 2 unspecified atom stereocenters. The topological polar surface area (TPSA) is 79.6 Å². The minimum absolute atomic E-state index is 0.0365. The predicted octanol–water partition coefficient (Wildman–Crippen LogP) is 4.77. The second kappa shape index (κ2) is 10.0. The van der Waals surface area contributed by atoms with Crippen LogP contribution in [0.4, 0.5) is 20.6 Å². The predicted molar refractivity (Wildman–Crippen MR) is 126 cm³/mol. The van der Waals surface area contributed by atoms with Crippen molar-refractivity contribution >= 4 is 17.4 Å². The molecule has 174 valence electrons. The first-order chi connectivity index (χ1) is 15.9. The van der Waals surface area contributed by atoms with E-state index in [4.69, 9.17) is 9.15 Å². The quantitative estimate of drug-likeness (QED) is 0.563. The summed E-state index contributed by atoms with van der Waals surface area (Å²) in [7, 11) is 0. The number of halogens is 1. The molecule has 1 aliphatic heterocycles. The molecule has 2 aromatic carbocycles. The van der Waals surface area contributed by atoms with Crippen LogP contribution in [-0.4, -0.2) is 42.9 Å². The van der Waals surface area contributed by atoms with Crippen LogP contribution in [0.15, 0.2) is 53.1 Å². The van der Waals surface area contributed by atoms with Gasteiger partial charge in [-0.3, -0.25) is 0 Å². The maximum absolute atomic E-state index is 14.7. The summed E-state index contributed by atoms with van der Waals surface area (Å²) in [4.78, 5) is 18.7. The number of nitrogens with zero attached hydrogens (tertiary/aromatic N) is 2. The maximum atomic E-state index is 14.7. The Morgan fingerprint density at radius 3 is 2.58 bits per heavy atom. The molecule has 1 aromatic heterocycles. The first kappa shape index (κ1) is 22.8. The van der Waals surface area contributed by atoms with Gasteiger partial charge in [-0.1, -0.05) is 17.7 Å². The minimum atomic E-state index is -0.405. The van der Waals surface area contributed by atoms with Gasteiger partial charge < -0.3 is 24.7 Å². The highest BCUT2D eigenvalue weighted by Gasteiger charge is 2.24. The molecule has 0 radical (unpaired) electrons. The third-order valence-corrected chi connectivity index (χ3v) is 5.48. The number of carbonyl (C=O) groups excluding carboxylic acids is 1. The summed E-state index contributed by atoms with van der Waals surface area (Å²) < 4.78 is 26.0. The number of amides is 2. The van der Waals surface area contributed by atoms with Gasteiger partial charge in [-0.2, -0.15) is 0 Å². The third-order valence-electron chi connectivity index (χ3n) is 5.48. The lowest BCUT2D eigenvalue weighted by atomic mass is 10.1. The van der Waals surface area contributed by atoms with E-state index < -0.39 is 6.03 Å². The fraction of sp³-hybridized carbons (Fsp3) is 0.360. The molecule has 2 atom stereocenters. The van der Waals surface area contributed by atoms with Gasteiger partial charge in [0.1, 0.15) is 12.1 Å². The zero-order chi connectivity index (χ0) is 23.4. The van der Waals surface area contributed by atoms with Crippen molar-refractivity contribution < 1.29 is 18.3 Å². The smallest absolute Gasteiger partial charge is 0.319 e. The van der Waals surface area contributed by atoms with Crippen LogP contribution in [0.3, 0.4) is 0 Å². The van der Waals surface area contributed by atoms with Crippen LogP contribution in [0.1, 0.15) is 25.1 Å². The summed E-state index contributed by atoms with van der Waals surface area (Å²) in [6.45, 7) is 7.60. The zero-order valence-electron chi connectivity index (χ0n) is 19.1. The van der Waals surface area contributed by atoms with Gasteiger partial charge in [-0.15, -0.1) is 0 Å². The second-order valence-electron chi connectivity index (χ2n) is 8.47. The van der Waals surface area contributed by atoms with E-state index in [2.05, 4.69) is 15.6 Å². The van der Waals surface area contributed by atoms with Crippen molar-refractivity contribution in [1.29, 1.82) is 0 Å². The summed E-state index contributed by atoms with van der Waals surface area (Å²) in [5.74, 6) is 0.175. The Balaban J connectivity index is 1.27. The number of aryl methyl sites for hydroxylation is 1. The van der Waals surface area contributed by atoms with Gasteiger partial charge in [0.05, 0.1) is 23.6 Å². The highest BCUT2D eigenvalue weighted by Crippen LogP contribution is 2.26. The zero-order valence-corrected chi connectivity index (χ0v) is 19.1. The largest absolute Gasteiger partial charge is 0.444 e. The van der Waals surface area contributed by atoms with Crippen molar-refractivity contribution in [3.8, 4) is 11.5 Å². The number of rotatable bonds is 6. The first-order valence-corrected chi connectivity index (χ1v) is 11.1. The Hall–Kier alpha value is -3.39. The second-order valence-corrected chi connectivity index (χ2v) is 8.47. The van der Waals surface area contributed by atoms with Gasteiger partial charge in [0.15, 0.2) is 0 Å². The molecule has 3 aromatic rings. The molecule has 8 heteroatoms. The fourth-order valence-corrected chi connectivity index (χ4v) is 3.95. The number of hydrogen-bond acceptors (Lipinski definition) is 5. The molecule has 7 nitrogen and oxygen atoms in total. The average Bonchev–Trinajstić information content (AvgIpc) is 3.22. The van der Waals surface area contributed by atoms with E-state index in [9.17, 15) is 9.18 Å². The van der Waals surface area contributed by atoms with Crippen LogP contribution >= 0.6 is 0 Å². The Morgan fingerprint density at radius 2 is 1.88 bits per heavy atom. The Bertz CT molecular complexity index is 1090. The lowest BCUT2D eigenvalue weighted by Crippen LogP contribution is -2.45. The standard InChI is InChI=1S/C25H29FN4O3/c1-16-4-6-19(7-5-16)24-28-21(15-32-24)10-11-27-25(31)29-20-8-9-23(22(26)12-20)30-13-17(2)33-18(3)14-30/h4-9,12,15,17-18H,10-11,13-14H2,1-3H3,(H2,27,29,31). The molecule has 4 rings (SSSR count). The van der Waals surface area contributed by atoms with E-state index in [1.807, 2.05) is 49.9 Å². The molecule has 0 bridgehead atoms. The number of carbonyl (C=O) groups is 1. The molecule has 2 N–H and O–H groups in total. The van der Waals surface area contributed by atoms with Crippen LogP contribution in [-0.2, 0) is 11.2 Å². The lowest BCUT2D eigenvalue weighted by Gasteiger charge is -2.37. The average molecular weight is 453 g/mol. The molecular weight excluding hydrogens is 423 g/mol. The molecule has 1 aliphatic rings. The number of oxazole rings is 1. The lowest BCUT2D eigenvalue weighted by molar-refractivity contribution is -0.00539. The molecule has 0 aliphatic carbocycles. The molecule has 1 saturated heterocycles. The number of morpholine rings is 1. The SMILES string of the molecule is Cc1ccc(-c2nc(CCNC(=O)Nc3ccc(N4CC(C)OC(C)C4)c(F)c3)co2)cc1. The van der Waals surface area contributed by atoms with E-state index in [1.165, 1.54) is 11.6 Å². The summed E-state index contributed by atoms with van der Waals surface area (Å²) in [5, 5.41) is 5.44. The van der Waals surface area contributed by atoms with E-state index in [0.29, 0.717) is 43.3 Å². The monoisotopic (exact) mass is 452 g/mol. The summed E-state index contributed by atoms with van der Waals surface area (Å²) >= 11 is 0. The molecule has 2 amide bonds. The molecule has 0 saturated carbocycles. The van der Waals surface area contributed by atoms with Crippen molar-refractivity contribution in [1.82, 2.24) is 10.3 Å². The van der Waals surface area contributed by atoms with Gasteiger partial charge in [-0.05, 0) is 51.1 Å².